The number of methoxy groups -OCH3 is 1. The Labute approximate surface area is 299 Å². The molecule has 0 fully saturated rings. The number of anilines is 2. The van der Waals surface area contributed by atoms with E-state index < -0.39 is 28.1 Å². The molecule has 1 aliphatic rings. The molecule has 3 aromatic carbocycles. The van der Waals surface area contributed by atoms with Gasteiger partial charge in [-0.25, -0.2) is 13.2 Å². The molecule has 272 valence electrons. The van der Waals surface area contributed by atoms with Crippen molar-refractivity contribution in [3.63, 3.8) is 0 Å². The highest BCUT2D eigenvalue weighted by Gasteiger charge is 2.31. The number of likely N-dealkylation sites (N-methyl/N-ethyl adjacent to an activating group) is 1. The fourth-order valence-electron chi connectivity index (χ4n) is 5.52. The van der Waals surface area contributed by atoms with E-state index in [1.807, 2.05) is 13.8 Å². The molecule has 0 unspecified atom stereocenters. The number of urea groups is 1. The van der Waals surface area contributed by atoms with E-state index in [-0.39, 0.29) is 53.9 Å². The van der Waals surface area contributed by atoms with E-state index >= 15 is 0 Å². The van der Waals surface area contributed by atoms with Gasteiger partial charge in [-0.15, -0.1) is 0 Å². The predicted octanol–water partition coefficient (Wildman–Crippen LogP) is 6.11. The van der Waals surface area contributed by atoms with Crippen LogP contribution in [0.3, 0.4) is 0 Å². The topological polar surface area (TPSA) is 147 Å². The minimum Gasteiger partial charge on any atom is -0.497 e. The zero-order valence-corrected chi connectivity index (χ0v) is 30.7. The average Bonchev–Trinajstić information content (AvgIpc) is 3.09. The first kappa shape index (κ1) is 38.8. The number of hydrogen-bond donors (Lipinski definition) is 3. The highest BCUT2D eigenvalue weighted by Crippen LogP contribution is 2.30. The Kier molecular flexibility index (Phi) is 13.8. The van der Waals surface area contributed by atoms with Gasteiger partial charge in [0.15, 0.2) is 0 Å². The molecule has 3 N–H and O–H groups in total. The maximum absolute atomic E-state index is 14.4. The molecule has 14 heteroatoms. The lowest BCUT2D eigenvalue weighted by Crippen LogP contribution is -2.48. The second kappa shape index (κ2) is 17.8. The molecule has 1 heterocycles. The number of nitrogens with zero attached hydrogens (tertiary/aromatic N) is 2. The Hall–Kier alpha value is -4.04. The van der Waals surface area contributed by atoms with Crippen LogP contribution in [0.15, 0.2) is 71.6 Å². The van der Waals surface area contributed by atoms with Crippen LogP contribution in [0.25, 0.3) is 0 Å². The van der Waals surface area contributed by atoms with Crippen LogP contribution in [0.1, 0.15) is 50.4 Å². The predicted molar refractivity (Wildman–Crippen MR) is 194 cm³/mol. The molecule has 12 nitrogen and oxygen atoms in total. The Morgan fingerprint density at radius 1 is 1.08 bits per heavy atom. The monoisotopic (exact) mass is 730 g/mol. The van der Waals surface area contributed by atoms with Crippen LogP contribution >= 0.6 is 11.6 Å². The molecule has 3 aromatic rings. The number of halogens is 1. The maximum Gasteiger partial charge on any atom is 0.321 e. The van der Waals surface area contributed by atoms with E-state index in [2.05, 4.69) is 10.0 Å². The van der Waals surface area contributed by atoms with E-state index in [0.29, 0.717) is 35.2 Å². The summed E-state index contributed by atoms with van der Waals surface area (Å²) in [4.78, 5) is 30.6. The van der Waals surface area contributed by atoms with Crippen molar-refractivity contribution in [3.8, 4) is 11.5 Å². The van der Waals surface area contributed by atoms with Crippen LogP contribution < -0.4 is 19.5 Å². The van der Waals surface area contributed by atoms with Crippen molar-refractivity contribution >= 4 is 44.9 Å². The van der Waals surface area contributed by atoms with Crippen molar-refractivity contribution in [1.29, 1.82) is 0 Å². The highest BCUT2D eigenvalue weighted by atomic mass is 35.5. The summed E-state index contributed by atoms with van der Waals surface area (Å²) in [6, 6.07) is 16.4. The fraction of sp³-hybridized carbons (Fsp3) is 0.444. The number of sulfonamides is 1. The van der Waals surface area contributed by atoms with Gasteiger partial charge in [-0.2, -0.15) is 0 Å². The van der Waals surface area contributed by atoms with Gasteiger partial charge in [0, 0.05) is 49.1 Å². The molecule has 0 aromatic heterocycles. The molecule has 0 aliphatic carbocycles. The number of fused-ring (bicyclic) bond motifs is 1. The zero-order chi connectivity index (χ0) is 36.4. The quantitative estimate of drug-likeness (QED) is 0.239. The summed E-state index contributed by atoms with van der Waals surface area (Å²) in [7, 11) is -0.745. The molecule has 3 amide bonds. The van der Waals surface area contributed by atoms with Gasteiger partial charge in [0.25, 0.3) is 15.9 Å². The van der Waals surface area contributed by atoms with Gasteiger partial charge < -0.3 is 34.4 Å². The number of amides is 3. The summed E-state index contributed by atoms with van der Waals surface area (Å²) >= 11 is 5.95. The van der Waals surface area contributed by atoms with E-state index in [1.54, 1.807) is 62.4 Å². The first-order chi connectivity index (χ1) is 23.8. The lowest BCUT2D eigenvalue weighted by atomic mass is 10.0. The van der Waals surface area contributed by atoms with Gasteiger partial charge >= 0.3 is 6.03 Å². The molecule has 0 radical (unpaired) electrons. The van der Waals surface area contributed by atoms with Crippen LogP contribution in [-0.2, 0) is 14.8 Å². The number of hydrogen-bond acceptors (Lipinski definition) is 8. The van der Waals surface area contributed by atoms with Crippen molar-refractivity contribution in [1.82, 2.24) is 9.80 Å². The minimum absolute atomic E-state index is 0.0104. The van der Waals surface area contributed by atoms with E-state index in [0.717, 1.165) is 12.8 Å². The largest absolute Gasteiger partial charge is 0.497 e. The lowest BCUT2D eigenvalue weighted by Gasteiger charge is -2.35. The average molecular weight is 731 g/mol. The van der Waals surface area contributed by atoms with Crippen molar-refractivity contribution in [2.45, 2.75) is 63.2 Å². The van der Waals surface area contributed by atoms with Gasteiger partial charge in [0.05, 0.1) is 42.4 Å². The summed E-state index contributed by atoms with van der Waals surface area (Å²) < 4.78 is 46.7. The third-order valence-corrected chi connectivity index (χ3v) is 10.2. The highest BCUT2D eigenvalue weighted by molar-refractivity contribution is 7.92. The standard InChI is InChI=1S/C36H47ClN4O8S/c1-24-21-41(25(2)23-42)35(43)32-20-29(39-50(45,46)31-16-9-27(37)10-17-31)13-18-33(32)49-26(3)8-6-7-19-48-34(24)22-40(4)36(44)38-28-11-14-30(47-5)15-12-28/h9-18,20,24-26,34,39,42H,6-8,19,21-23H2,1-5H3,(H,38,44)/t24-,25-,26+,34-/m0/s1. The molecule has 50 heavy (non-hydrogen) atoms. The molecule has 0 spiro atoms. The summed E-state index contributed by atoms with van der Waals surface area (Å²) in [5.74, 6) is 0.254. The van der Waals surface area contributed by atoms with Crippen LogP contribution in [0.4, 0.5) is 16.2 Å². The summed E-state index contributed by atoms with van der Waals surface area (Å²) in [5, 5.41) is 13.5. The smallest absolute Gasteiger partial charge is 0.321 e. The van der Waals surface area contributed by atoms with Gasteiger partial charge in [0.2, 0.25) is 0 Å². The second-order valence-corrected chi connectivity index (χ2v) is 14.7. The number of aliphatic hydroxyl groups is 1. The van der Waals surface area contributed by atoms with Gasteiger partial charge in [-0.3, -0.25) is 9.52 Å². The lowest BCUT2D eigenvalue weighted by molar-refractivity contribution is -0.0115. The molecule has 0 bridgehead atoms. The summed E-state index contributed by atoms with van der Waals surface area (Å²) in [6.07, 6.45) is 1.53. The van der Waals surface area contributed by atoms with E-state index in [9.17, 15) is 23.1 Å². The van der Waals surface area contributed by atoms with Crippen LogP contribution in [0, 0.1) is 5.92 Å². The summed E-state index contributed by atoms with van der Waals surface area (Å²) in [5.41, 5.74) is 0.923. The number of nitrogens with one attached hydrogen (secondary N) is 2. The molecule has 1 aliphatic heterocycles. The van der Waals surface area contributed by atoms with Crippen molar-refractivity contribution in [2.75, 3.05) is 50.5 Å². The zero-order valence-electron chi connectivity index (χ0n) is 29.1. The summed E-state index contributed by atoms with van der Waals surface area (Å²) in [6.45, 7) is 6.13. The Morgan fingerprint density at radius 3 is 2.42 bits per heavy atom. The number of ether oxygens (including phenoxy) is 3. The normalized spacial score (nSPS) is 19.7. The number of carbonyl (C=O) groups is 2. The van der Waals surface area contributed by atoms with Gasteiger partial charge in [-0.1, -0.05) is 18.5 Å². The molecule has 0 saturated carbocycles. The molecular formula is C36H47ClN4O8S. The number of benzene rings is 3. The third-order valence-electron chi connectivity index (χ3n) is 8.57. The van der Waals surface area contributed by atoms with E-state index in [4.69, 9.17) is 25.8 Å². The Morgan fingerprint density at radius 2 is 1.76 bits per heavy atom. The number of rotatable bonds is 9. The van der Waals surface area contributed by atoms with Crippen LogP contribution in [0.5, 0.6) is 11.5 Å². The van der Waals surface area contributed by atoms with Gasteiger partial charge in [0.1, 0.15) is 11.5 Å². The van der Waals surface area contributed by atoms with E-state index in [1.165, 1.54) is 35.2 Å². The maximum atomic E-state index is 14.4. The van der Waals surface area contributed by atoms with Crippen LogP contribution in [0.2, 0.25) is 5.02 Å². The second-order valence-electron chi connectivity index (χ2n) is 12.6. The van der Waals surface area contributed by atoms with Crippen molar-refractivity contribution < 1.29 is 37.3 Å². The number of carbonyl (C=O) groups excluding carboxylic acids is 2. The van der Waals surface area contributed by atoms with Crippen molar-refractivity contribution in [2.24, 2.45) is 5.92 Å². The van der Waals surface area contributed by atoms with Crippen LogP contribution in [-0.4, -0.2) is 94.0 Å². The molecule has 0 saturated heterocycles. The van der Waals surface area contributed by atoms with Crippen molar-refractivity contribution in [3.05, 3.63) is 77.3 Å². The Bertz CT molecular complexity index is 1690. The third kappa shape index (κ3) is 10.5. The Balaban J connectivity index is 1.61. The molecular weight excluding hydrogens is 684 g/mol. The van der Waals surface area contributed by atoms with Gasteiger partial charge in [-0.05, 0) is 99.8 Å². The number of aliphatic hydroxyl groups excluding tert-OH is 1. The fourth-order valence-corrected chi connectivity index (χ4v) is 6.70. The molecule has 4 rings (SSSR count). The SMILES string of the molecule is COc1ccc(NC(=O)N(C)C[C@@H]2OCCCC[C@@H](C)Oc3ccc(NS(=O)(=O)c4ccc(Cl)cc4)cc3C(=O)N([C@@H](C)CO)C[C@@H]2C)cc1. The minimum atomic E-state index is -4.00. The molecule has 4 atom stereocenters. The first-order valence-corrected chi connectivity index (χ1v) is 18.5. The first-order valence-electron chi connectivity index (χ1n) is 16.6.